The molecule has 4 nitrogen and oxygen atoms in total. The molecule has 5 heteroatoms. The van der Waals surface area contributed by atoms with Crippen LogP contribution < -0.4 is 4.74 Å². The third-order valence-electron chi connectivity index (χ3n) is 3.57. The molecule has 0 N–H and O–H groups in total. The third kappa shape index (κ3) is 4.62. The Labute approximate surface area is 155 Å². The number of halogens is 1. The Hall–Kier alpha value is -3.29. The lowest BCUT2D eigenvalue weighted by atomic mass is 10.1. The molecule has 3 aromatic rings. The highest BCUT2D eigenvalue weighted by atomic mass is 35.5. The van der Waals surface area contributed by atoms with Crippen molar-refractivity contribution in [3.63, 3.8) is 0 Å². The standard InChI is InChI=1S/C21H14ClNO3/c22-17-5-3-16(4-6-17)21(24)12-11-19-9-10-20(26-19)14-25-18-7-1-15(13-23)2-8-18/h1-12H,14H2/b12-11+. The fraction of sp³-hybridized carbons (Fsp3) is 0.0476. The molecule has 1 aromatic heterocycles. The quantitative estimate of drug-likeness (QED) is 0.441. The van der Waals surface area contributed by atoms with E-state index in [4.69, 9.17) is 26.0 Å². The van der Waals surface area contributed by atoms with Gasteiger partial charge in [0.15, 0.2) is 5.78 Å². The van der Waals surface area contributed by atoms with Gasteiger partial charge in [0.25, 0.3) is 0 Å². The third-order valence-corrected chi connectivity index (χ3v) is 3.83. The van der Waals surface area contributed by atoms with Crippen molar-refractivity contribution in [2.75, 3.05) is 0 Å². The first-order valence-corrected chi connectivity index (χ1v) is 8.21. The number of ketones is 1. The van der Waals surface area contributed by atoms with Gasteiger partial charge in [-0.1, -0.05) is 11.6 Å². The monoisotopic (exact) mass is 363 g/mol. The lowest BCUT2D eigenvalue weighted by Gasteiger charge is -2.03. The van der Waals surface area contributed by atoms with Crippen molar-refractivity contribution >= 4 is 23.5 Å². The summed E-state index contributed by atoms with van der Waals surface area (Å²) in [5.41, 5.74) is 1.13. The zero-order valence-electron chi connectivity index (χ0n) is 13.7. The van der Waals surface area contributed by atoms with E-state index in [1.165, 1.54) is 6.08 Å². The first-order valence-electron chi connectivity index (χ1n) is 7.84. The van der Waals surface area contributed by atoms with Crippen molar-refractivity contribution in [2.24, 2.45) is 0 Å². The molecule has 128 valence electrons. The molecule has 3 rings (SSSR count). The second kappa shape index (κ2) is 8.19. The van der Waals surface area contributed by atoms with Crippen molar-refractivity contribution in [2.45, 2.75) is 6.61 Å². The second-order valence-electron chi connectivity index (χ2n) is 5.43. The Morgan fingerprint density at radius 2 is 1.81 bits per heavy atom. The first kappa shape index (κ1) is 17.5. The summed E-state index contributed by atoms with van der Waals surface area (Å²) >= 11 is 5.81. The van der Waals surface area contributed by atoms with Gasteiger partial charge in [0.2, 0.25) is 0 Å². The molecule has 0 aliphatic carbocycles. The largest absolute Gasteiger partial charge is 0.486 e. The number of nitriles is 1. The van der Waals surface area contributed by atoms with Crippen LogP contribution in [0.2, 0.25) is 5.02 Å². The number of nitrogens with zero attached hydrogens (tertiary/aromatic N) is 1. The highest BCUT2D eigenvalue weighted by molar-refractivity contribution is 6.30. The minimum Gasteiger partial charge on any atom is -0.486 e. The van der Waals surface area contributed by atoms with E-state index in [2.05, 4.69) is 6.07 Å². The van der Waals surface area contributed by atoms with Gasteiger partial charge >= 0.3 is 0 Å². The minimum atomic E-state index is -0.131. The molecule has 0 saturated heterocycles. The molecule has 0 bridgehead atoms. The van der Waals surface area contributed by atoms with E-state index >= 15 is 0 Å². The maximum absolute atomic E-state index is 12.1. The van der Waals surface area contributed by atoms with Crippen LogP contribution in [0.15, 0.2) is 71.2 Å². The van der Waals surface area contributed by atoms with Crippen molar-refractivity contribution in [3.05, 3.63) is 94.4 Å². The van der Waals surface area contributed by atoms with E-state index in [1.807, 2.05) is 0 Å². The van der Waals surface area contributed by atoms with E-state index in [0.717, 1.165) is 0 Å². The van der Waals surface area contributed by atoms with Crippen LogP contribution in [0.4, 0.5) is 0 Å². The van der Waals surface area contributed by atoms with Crippen LogP contribution in [0, 0.1) is 11.3 Å². The maximum Gasteiger partial charge on any atom is 0.185 e. The van der Waals surface area contributed by atoms with Gasteiger partial charge in [0.1, 0.15) is 23.9 Å². The molecule has 2 aromatic carbocycles. The van der Waals surface area contributed by atoms with Gasteiger partial charge in [-0.25, -0.2) is 0 Å². The highest BCUT2D eigenvalue weighted by Crippen LogP contribution is 2.16. The molecular weight excluding hydrogens is 350 g/mol. The van der Waals surface area contributed by atoms with Crippen LogP contribution in [-0.4, -0.2) is 5.78 Å². The van der Waals surface area contributed by atoms with E-state index in [1.54, 1.807) is 66.7 Å². The number of ether oxygens (including phenoxy) is 1. The Morgan fingerprint density at radius 3 is 2.50 bits per heavy atom. The summed E-state index contributed by atoms with van der Waals surface area (Å²) in [6.07, 6.45) is 3.06. The summed E-state index contributed by atoms with van der Waals surface area (Å²) in [5.74, 6) is 1.71. The van der Waals surface area contributed by atoms with Crippen molar-refractivity contribution in [1.29, 1.82) is 5.26 Å². The number of benzene rings is 2. The molecule has 0 radical (unpaired) electrons. The minimum absolute atomic E-state index is 0.131. The number of hydrogen-bond acceptors (Lipinski definition) is 4. The number of carbonyl (C=O) groups is 1. The van der Waals surface area contributed by atoms with Gasteiger partial charge in [-0.3, -0.25) is 4.79 Å². The Balaban J connectivity index is 1.57. The number of carbonyl (C=O) groups excluding carboxylic acids is 1. The SMILES string of the molecule is N#Cc1ccc(OCc2ccc(/C=C/C(=O)c3ccc(Cl)cc3)o2)cc1. The van der Waals surface area contributed by atoms with Crippen molar-refractivity contribution in [1.82, 2.24) is 0 Å². The molecule has 0 atom stereocenters. The van der Waals surface area contributed by atoms with Crippen LogP contribution in [0.5, 0.6) is 5.75 Å². The summed E-state index contributed by atoms with van der Waals surface area (Å²) in [7, 11) is 0. The Morgan fingerprint density at radius 1 is 1.08 bits per heavy atom. The molecular formula is C21H14ClNO3. The van der Waals surface area contributed by atoms with Crippen molar-refractivity contribution < 1.29 is 13.9 Å². The number of furan rings is 1. The molecule has 0 spiro atoms. The lowest BCUT2D eigenvalue weighted by Crippen LogP contribution is -1.93. The van der Waals surface area contributed by atoms with Gasteiger partial charge in [-0.15, -0.1) is 0 Å². The van der Waals surface area contributed by atoms with Gasteiger partial charge in [-0.2, -0.15) is 5.26 Å². The van der Waals surface area contributed by atoms with Gasteiger partial charge in [0.05, 0.1) is 11.6 Å². The van der Waals surface area contributed by atoms with E-state index in [9.17, 15) is 4.79 Å². The Kier molecular flexibility index (Phi) is 5.52. The molecule has 1 heterocycles. The first-order chi connectivity index (χ1) is 12.6. The topological polar surface area (TPSA) is 63.2 Å². The van der Waals surface area contributed by atoms with Crippen LogP contribution in [0.25, 0.3) is 6.08 Å². The summed E-state index contributed by atoms with van der Waals surface area (Å²) < 4.78 is 11.2. The molecule has 0 amide bonds. The predicted molar refractivity (Wildman–Crippen MR) is 99.0 cm³/mol. The molecule has 0 aliphatic heterocycles. The zero-order chi connectivity index (χ0) is 18.4. The van der Waals surface area contributed by atoms with Crippen LogP contribution in [0.1, 0.15) is 27.4 Å². The van der Waals surface area contributed by atoms with Crippen LogP contribution in [-0.2, 0) is 6.61 Å². The van der Waals surface area contributed by atoms with E-state index in [0.29, 0.717) is 33.4 Å². The smallest absolute Gasteiger partial charge is 0.185 e. The summed E-state index contributed by atoms with van der Waals surface area (Å²) in [4.78, 5) is 12.1. The summed E-state index contributed by atoms with van der Waals surface area (Å²) in [6.45, 7) is 0.255. The molecule has 0 fully saturated rings. The fourth-order valence-electron chi connectivity index (χ4n) is 2.21. The average Bonchev–Trinajstić information content (AvgIpc) is 3.13. The fourth-order valence-corrected chi connectivity index (χ4v) is 2.34. The number of hydrogen-bond donors (Lipinski definition) is 0. The zero-order valence-corrected chi connectivity index (χ0v) is 14.4. The van der Waals surface area contributed by atoms with Gasteiger partial charge < -0.3 is 9.15 Å². The molecule has 0 aliphatic rings. The summed E-state index contributed by atoms with van der Waals surface area (Å²) in [5, 5.41) is 9.36. The van der Waals surface area contributed by atoms with Crippen molar-refractivity contribution in [3.8, 4) is 11.8 Å². The maximum atomic E-state index is 12.1. The summed E-state index contributed by atoms with van der Waals surface area (Å²) in [6, 6.07) is 19.1. The second-order valence-corrected chi connectivity index (χ2v) is 5.87. The average molecular weight is 364 g/mol. The Bertz CT molecular complexity index is 964. The molecule has 0 saturated carbocycles. The normalized spacial score (nSPS) is 10.6. The lowest BCUT2D eigenvalue weighted by molar-refractivity contribution is 0.104. The van der Waals surface area contributed by atoms with E-state index < -0.39 is 0 Å². The predicted octanol–water partition coefficient (Wildman–Crippen LogP) is 5.28. The van der Waals surface area contributed by atoms with E-state index in [-0.39, 0.29) is 12.4 Å². The molecule has 0 unspecified atom stereocenters. The van der Waals surface area contributed by atoms with Crippen LogP contribution in [0.3, 0.4) is 0 Å². The highest BCUT2D eigenvalue weighted by Gasteiger charge is 2.04. The van der Waals surface area contributed by atoms with Gasteiger partial charge in [0, 0.05) is 10.6 Å². The number of allylic oxidation sites excluding steroid dienone is 1. The number of rotatable bonds is 6. The van der Waals surface area contributed by atoms with Gasteiger partial charge in [-0.05, 0) is 72.8 Å². The molecule has 26 heavy (non-hydrogen) atoms. The van der Waals surface area contributed by atoms with Crippen LogP contribution >= 0.6 is 11.6 Å².